The topological polar surface area (TPSA) is 89.0 Å². The van der Waals surface area contributed by atoms with Gasteiger partial charge in [0, 0.05) is 31.5 Å². The number of guanidine groups is 1. The number of aliphatic imine (C=N–C) groups is 1. The Morgan fingerprint density at radius 2 is 1.96 bits per heavy atom. The monoisotopic (exact) mass is 521 g/mol. The summed E-state index contributed by atoms with van der Waals surface area (Å²) in [4.78, 5) is 3.98. The molecule has 0 aliphatic rings. The van der Waals surface area contributed by atoms with Gasteiger partial charge in [0.1, 0.15) is 0 Å². The van der Waals surface area contributed by atoms with Gasteiger partial charge in [-0.1, -0.05) is 19.1 Å². The summed E-state index contributed by atoms with van der Waals surface area (Å²) in [5.74, 6) is 0.578. The minimum absolute atomic E-state index is 0. The molecule has 0 fully saturated rings. The molecule has 0 aliphatic carbocycles. The largest absolute Gasteiger partial charge is 0.490 e. The molecule has 0 spiro atoms. The van der Waals surface area contributed by atoms with Gasteiger partial charge in [0.15, 0.2) is 27.3 Å². The van der Waals surface area contributed by atoms with Crippen LogP contribution in [0.15, 0.2) is 23.2 Å². The molecule has 0 radical (unpaired) electrons. The van der Waals surface area contributed by atoms with Gasteiger partial charge in [-0.05, 0) is 13.0 Å². The maximum Gasteiger partial charge on any atom is 0.387 e. The molecule has 2 N–H and O–H groups in total. The first-order chi connectivity index (χ1) is 12.3. The molecular formula is C16H26F2IN3O4S. The third-order valence-electron chi connectivity index (χ3n) is 3.38. The predicted molar refractivity (Wildman–Crippen MR) is 112 cm³/mol. The lowest BCUT2D eigenvalue weighted by atomic mass is 10.2. The van der Waals surface area contributed by atoms with Gasteiger partial charge in [-0.2, -0.15) is 8.78 Å². The fourth-order valence-corrected chi connectivity index (χ4v) is 2.76. The molecule has 1 aromatic carbocycles. The van der Waals surface area contributed by atoms with E-state index >= 15 is 0 Å². The smallest absolute Gasteiger partial charge is 0.387 e. The molecule has 0 aromatic heterocycles. The summed E-state index contributed by atoms with van der Waals surface area (Å²) in [5, 5.41) is 5.81. The number of alkyl halides is 2. The van der Waals surface area contributed by atoms with E-state index in [2.05, 4.69) is 20.4 Å². The summed E-state index contributed by atoms with van der Waals surface area (Å²) in [6, 6.07) is 4.85. The molecule has 0 atom stereocenters. The van der Waals surface area contributed by atoms with Crippen molar-refractivity contribution in [1.29, 1.82) is 0 Å². The highest BCUT2D eigenvalue weighted by molar-refractivity contribution is 14.0. The van der Waals surface area contributed by atoms with Crippen molar-refractivity contribution in [1.82, 2.24) is 10.6 Å². The highest BCUT2D eigenvalue weighted by Gasteiger charge is 2.16. The molecule has 1 aromatic rings. The van der Waals surface area contributed by atoms with Crippen LogP contribution in [0, 0.1) is 0 Å². The summed E-state index contributed by atoms with van der Waals surface area (Å²) >= 11 is 0. The number of rotatable bonds is 10. The Balaban J connectivity index is 0.00000676. The van der Waals surface area contributed by atoms with Crippen molar-refractivity contribution in [3.05, 3.63) is 23.8 Å². The van der Waals surface area contributed by atoms with Crippen molar-refractivity contribution in [2.24, 2.45) is 4.99 Å². The average molecular weight is 521 g/mol. The highest BCUT2D eigenvalue weighted by atomic mass is 127. The standard InChI is InChI=1S/C16H25F2N3O4S.HI/c1-4-24-13-8-6-7-12(14(13)25-15(17)18)11-21-16(19-3)20-9-10-26(22,23)5-2;/h6-8,15H,4-5,9-11H2,1-3H3,(H2,19,20,21);1H. The Labute approximate surface area is 175 Å². The first-order valence-corrected chi connectivity index (χ1v) is 9.99. The van der Waals surface area contributed by atoms with Crippen molar-refractivity contribution in [2.45, 2.75) is 27.0 Å². The summed E-state index contributed by atoms with van der Waals surface area (Å²) in [5.41, 5.74) is 0.459. The normalized spacial score (nSPS) is 11.7. The lowest BCUT2D eigenvalue weighted by Gasteiger charge is -2.17. The van der Waals surface area contributed by atoms with Crippen LogP contribution >= 0.6 is 24.0 Å². The second-order valence-corrected chi connectivity index (χ2v) is 7.62. The molecule has 0 bridgehead atoms. The number of hydrogen-bond acceptors (Lipinski definition) is 5. The number of nitrogens with one attached hydrogen (secondary N) is 2. The van der Waals surface area contributed by atoms with Gasteiger partial charge in [-0.3, -0.25) is 4.99 Å². The summed E-state index contributed by atoms with van der Waals surface area (Å²) in [6.45, 7) is 0.988. The van der Waals surface area contributed by atoms with E-state index in [4.69, 9.17) is 4.74 Å². The number of nitrogens with zero attached hydrogens (tertiary/aromatic N) is 1. The predicted octanol–water partition coefficient (Wildman–Crippen LogP) is 2.40. The fraction of sp³-hybridized carbons (Fsp3) is 0.562. The first-order valence-electron chi connectivity index (χ1n) is 8.17. The Hall–Kier alpha value is -1.37. The van der Waals surface area contributed by atoms with Crippen LogP contribution in [-0.4, -0.2) is 52.7 Å². The van der Waals surface area contributed by atoms with E-state index < -0.39 is 16.4 Å². The maximum absolute atomic E-state index is 12.7. The number of hydrogen-bond donors (Lipinski definition) is 2. The molecule has 11 heteroatoms. The zero-order chi connectivity index (χ0) is 19.6. The molecule has 156 valence electrons. The van der Waals surface area contributed by atoms with E-state index in [-0.39, 0.29) is 60.1 Å². The maximum atomic E-state index is 12.7. The van der Waals surface area contributed by atoms with Crippen LogP contribution in [0.2, 0.25) is 0 Å². The van der Waals surface area contributed by atoms with Gasteiger partial charge in [0.25, 0.3) is 0 Å². The first kappa shape index (κ1) is 25.6. The average Bonchev–Trinajstić information content (AvgIpc) is 2.59. The second-order valence-electron chi connectivity index (χ2n) is 5.14. The molecule has 1 rings (SSSR count). The number of para-hydroxylation sites is 1. The van der Waals surface area contributed by atoms with E-state index in [1.807, 2.05) is 0 Å². The quantitative estimate of drug-likeness (QED) is 0.280. The SMILES string of the molecule is CCOc1cccc(CNC(=NC)NCCS(=O)(=O)CC)c1OC(F)F.I. The number of benzene rings is 1. The lowest BCUT2D eigenvalue weighted by molar-refractivity contribution is -0.0520. The minimum Gasteiger partial charge on any atom is -0.490 e. The molecule has 0 unspecified atom stereocenters. The summed E-state index contributed by atoms with van der Waals surface area (Å²) < 4.78 is 58.3. The molecule has 0 amide bonds. The number of sulfone groups is 1. The highest BCUT2D eigenvalue weighted by Crippen LogP contribution is 2.32. The zero-order valence-electron chi connectivity index (χ0n) is 15.5. The van der Waals surface area contributed by atoms with Gasteiger partial charge >= 0.3 is 6.61 Å². The molecule has 0 saturated heterocycles. The zero-order valence-corrected chi connectivity index (χ0v) is 18.6. The van der Waals surface area contributed by atoms with Gasteiger partial charge in [0.05, 0.1) is 12.4 Å². The lowest BCUT2D eigenvalue weighted by Crippen LogP contribution is -2.39. The molecule has 7 nitrogen and oxygen atoms in total. The van der Waals surface area contributed by atoms with Gasteiger partial charge in [-0.25, -0.2) is 8.42 Å². The van der Waals surface area contributed by atoms with Crippen LogP contribution in [0.25, 0.3) is 0 Å². The third kappa shape index (κ3) is 9.40. The summed E-state index contributed by atoms with van der Waals surface area (Å²) in [6.07, 6.45) is 0. The van der Waals surface area contributed by atoms with Gasteiger partial charge in [0.2, 0.25) is 0 Å². The molecule has 0 saturated carbocycles. The number of ether oxygens (including phenoxy) is 2. The third-order valence-corrected chi connectivity index (χ3v) is 5.09. The second kappa shape index (κ2) is 12.9. The van der Waals surface area contributed by atoms with E-state index in [0.29, 0.717) is 18.1 Å². The van der Waals surface area contributed by atoms with Gasteiger partial charge in [-0.15, -0.1) is 24.0 Å². The van der Waals surface area contributed by atoms with Crippen molar-refractivity contribution in [2.75, 3.05) is 31.7 Å². The Kier molecular flexibility index (Phi) is 12.3. The Morgan fingerprint density at radius 1 is 1.26 bits per heavy atom. The van der Waals surface area contributed by atoms with Crippen molar-refractivity contribution in [3.8, 4) is 11.5 Å². The van der Waals surface area contributed by atoms with Crippen LogP contribution in [0.4, 0.5) is 8.78 Å². The van der Waals surface area contributed by atoms with Crippen molar-refractivity contribution in [3.63, 3.8) is 0 Å². The van der Waals surface area contributed by atoms with Crippen LogP contribution in [0.5, 0.6) is 11.5 Å². The Bertz CT molecular complexity index is 703. The van der Waals surface area contributed by atoms with Crippen LogP contribution < -0.4 is 20.1 Å². The fourth-order valence-electron chi connectivity index (χ4n) is 2.06. The van der Waals surface area contributed by atoms with E-state index in [1.54, 1.807) is 32.0 Å². The molecular weight excluding hydrogens is 495 g/mol. The van der Waals surface area contributed by atoms with Crippen LogP contribution in [-0.2, 0) is 16.4 Å². The van der Waals surface area contributed by atoms with Crippen LogP contribution in [0.1, 0.15) is 19.4 Å². The molecule has 0 aliphatic heterocycles. The van der Waals surface area contributed by atoms with Crippen molar-refractivity contribution < 1.29 is 26.7 Å². The van der Waals surface area contributed by atoms with E-state index in [1.165, 1.54) is 7.05 Å². The van der Waals surface area contributed by atoms with Crippen molar-refractivity contribution >= 4 is 39.8 Å². The molecule has 0 heterocycles. The van der Waals surface area contributed by atoms with Gasteiger partial charge < -0.3 is 20.1 Å². The van der Waals surface area contributed by atoms with E-state index in [9.17, 15) is 17.2 Å². The van der Waals surface area contributed by atoms with E-state index in [0.717, 1.165) is 0 Å². The molecule has 27 heavy (non-hydrogen) atoms. The van der Waals surface area contributed by atoms with Crippen LogP contribution in [0.3, 0.4) is 0 Å². The Morgan fingerprint density at radius 3 is 2.52 bits per heavy atom. The summed E-state index contributed by atoms with van der Waals surface area (Å²) in [7, 11) is -1.56. The minimum atomic E-state index is -3.09. The number of halogens is 3.